The Morgan fingerprint density at radius 1 is 1.38 bits per heavy atom. The molecule has 2 heterocycles. The van der Waals surface area contributed by atoms with Crippen LogP contribution in [-0.2, 0) is 19.3 Å². The van der Waals surface area contributed by atoms with Gasteiger partial charge in [-0.25, -0.2) is 0 Å². The summed E-state index contributed by atoms with van der Waals surface area (Å²) in [5, 5.41) is 11.0. The predicted molar refractivity (Wildman–Crippen MR) is 82.9 cm³/mol. The van der Waals surface area contributed by atoms with Gasteiger partial charge in [0.05, 0.1) is 12.7 Å². The highest BCUT2D eigenvalue weighted by Gasteiger charge is 2.19. The molecule has 110 valence electrons. The number of halogens is 1. The number of aryl methyl sites for hydroxylation is 1. The van der Waals surface area contributed by atoms with Crippen molar-refractivity contribution in [1.82, 2.24) is 4.98 Å². The zero-order valence-electron chi connectivity index (χ0n) is 11.8. The van der Waals surface area contributed by atoms with Gasteiger partial charge in [0, 0.05) is 30.3 Å². The van der Waals surface area contributed by atoms with Gasteiger partial charge in [-0.15, -0.1) is 0 Å². The predicted octanol–water partition coefficient (Wildman–Crippen LogP) is 3.21. The number of hydrogen-bond donors (Lipinski definition) is 1. The maximum atomic E-state index is 10.3. The molecule has 0 bridgehead atoms. The van der Waals surface area contributed by atoms with Crippen LogP contribution < -0.4 is 4.74 Å². The second-order valence-corrected chi connectivity index (χ2v) is 5.85. The van der Waals surface area contributed by atoms with Crippen LogP contribution in [0.25, 0.3) is 0 Å². The van der Waals surface area contributed by atoms with Gasteiger partial charge in [0.2, 0.25) is 0 Å². The molecule has 0 fully saturated rings. The molecule has 1 aromatic heterocycles. The second-order valence-electron chi connectivity index (χ2n) is 5.41. The highest BCUT2D eigenvalue weighted by Crippen LogP contribution is 2.33. The summed E-state index contributed by atoms with van der Waals surface area (Å²) in [6, 6.07) is 7.80. The van der Waals surface area contributed by atoms with E-state index >= 15 is 0 Å². The van der Waals surface area contributed by atoms with E-state index in [2.05, 4.69) is 4.98 Å². The minimum Gasteiger partial charge on any atom is -0.493 e. The lowest BCUT2D eigenvalue weighted by molar-refractivity contribution is 0.164. The largest absolute Gasteiger partial charge is 0.493 e. The highest BCUT2D eigenvalue weighted by atomic mass is 35.5. The van der Waals surface area contributed by atoms with Crippen LogP contribution in [0.15, 0.2) is 36.7 Å². The fourth-order valence-corrected chi connectivity index (χ4v) is 3.00. The van der Waals surface area contributed by atoms with Gasteiger partial charge in [-0.1, -0.05) is 17.7 Å². The third kappa shape index (κ3) is 3.55. The Bertz CT molecular complexity index is 616. The molecule has 1 N–H and O–H groups in total. The average molecular weight is 304 g/mol. The van der Waals surface area contributed by atoms with Crippen LogP contribution in [0.4, 0.5) is 0 Å². The summed E-state index contributed by atoms with van der Waals surface area (Å²) in [5.74, 6) is 0.917. The van der Waals surface area contributed by atoms with E-state index in [0.29, 0.717) is 24.5 Å². The number of nitrogens with zero attached hydrogens (tertiary/aromatic N) is 1. The van der Waals surface area contributed by atoms with Crippen molar-refractivity contribution >= 4 is 11.6 Å². The van der Waals surface area contributed by atoms with Crippen LogP contribution >= 0.6 is 11.6 Å². The molecule has 0 spiro atoms. The van der Waals surface area contributed by atoms with Gasteiger partial charge in [-0.3, -0.25) is 4.98 Å². The minimum absolute atomic E-state index is 0.406. The van der Waals surface area contributed by atoms with Crippen molar-refractivity contribution in [3.8, 4) is 5.75 Å². The van der Waals surface area contributed by atoms with Crippen LogP contribution in [0, 0.1) is 0 Å². The summed E-state index contributed by atoms with van der Waals surface area (Å²) in [6.45, 7) is 0.703. The number of rotatable bonds is 5. The number of aromatic nitrogens is 1. The molecular weight excluding hydrogens is 286 g/mol. The Balaban J connectivity index is 1.64. The Hall–Kier alpha value is -1.58. The molecule has 3 nitrogen and oxygen atoms in total. The Morgan fingerprint density at radius 2 is 2.29 bits per heavy atom. The van der Waals surface area contributed by atoms with Crippen LogP contribution in [0.2, 0.25) is 5.02 Å². The third-order valence-corrected chi connectivity index (χ3v) is 3.99. The quantitative estimate of drug-likeness (QED) is 0.922. The number of pyridine rings is 1. The van der Waals surface area contributed by atoms with Crippen molar-refractivity contribution in [1.29, 1.82) is 0 Å². The smallest absolute Gasteiger partial charge is 0.126 e. The molecule has 0 amide bonds. The van der Waals surface area contributed by atoms with Crippen molar-refractivity contribution in [3.05, 3.63) is 58.4 Å². The van der Waals surface area contributed by atoms with E-state index in [1.807, 2.05) is 30.5 Å². The molecule has 1 aromatic carbocycles. The monoisotopic (exact) mass is 303 g/mol. The van der Waals surface area contributed by atoms with Gasteiger partial charge in [-0.2, -0.15) is 0 Å². The van der Waals surface area contributed by atoms with Crippen LogP contribution in [0.1, 0.15) is 23.1 Å². The normalized spacial score (nSPS) is 14.6. The molecule has 1 atom stereocenters. The summed E-state index contributed by atoms with van der Waals surface area (Å²) in [5.41, 5.74) is 3.30. The summed E-state index contributed by atoms with van der Waals surface area (Å²) in [7, 11) is 0. The lowest BCUT2D eigenvalue weighted by atomic mass is 9.99. The van der Waals surface area contributed by atoms with Crippen molar-refractivity contribution < 1.29 is 9.84 Å². The molecule has 2 aromatic rings. The Labute approximate surface area is 129 Å². The van der Waals surface area contributed by atoms with Crippen molar-refractivity contribution in [2.45, 2.75) is 31.8 Å². The Kier molecular flexibility index (Phi) is 4.42. The van der Waals surface area contributed by atoms with Gasteiger partial charge in [-0.05, 0) is 47.7 Å². The molecule has 4 heteroatoms. The van der Waals surface area contributed by atoms with Crippen molar-refractivity contribution in [3.63, 3.8) is 0 Å². The first-order valence-electron chi connectivity index (χ1n) is 7.23. The van der Waals surface area contributed by atoms with E-state index in [9.17, 15) is 5.11 Å². The first-order valence-corrected chi connectivity index (χ1v) is 7.61. The lowest BCUT2D eigenvalue weighted by Gasteiger charge is -2.14. The molecule has 0 saturated heterocycles. The fraction of sp³-hybridized carbons (Fsp3) is 0.353. The van der Waals surface area contributed by atoms with Gasteiger partial charge in [0.1, 0.15) is 5.75 Å². The number of ether oxygens (including phenoxy) is 1. The second kappa shape index (κ2) is 6.46. The SMILES string of the molecule is OC(CCc1cccnc1)Cc1cc(Cl)cc2c1OCC2. The van der Waals surface area contributed by atoms with Gasteiger partial charge in [0.25, 0.3) is 0 Å². The number of benzene rings is 1. The molecule has 0 radical (unpaired) electrons. The average Bonchev–Trinajstić information content (AvgIpc) is 2.94. The van der Waals surface area contributed by atoms with E-state index in [1.165, 1.54) is 0 Å². The topological polar surface area (TPSA) is 42.4 Å². The number of aliphatic hydroxyl groups is 1. The van der Waals surface area contributed by atoms with Gasteiger partial charge in [0.15, 0.2) is 0 Å². The molecule has 21 heavy (non-hydrogen) atoms. The zero-order chi connectivity index (χ0) is 14.7. The third-order valence-electron chi connectivity index (χ3n) is 3.77. The molecule has 0 saturated carbocycles. The van der Waals surface area contributed by atoms with Gasteiger partial charge >= 0.3 is 0 Å². The van der Waals surface area contributed by atoms with E-state index in [0.717, 1.165) is 35.3 Å². The van der Waals surface area contributed by atoms with Crippen LogP contribution in [0.5, 0.6) is 5.75 Å². The molecule has 1 aliphatic rings. The number of hydrogen-bond acceptors (Lipinski definition) is 3. The maximum Gasteiger partial charge on any atom is 0.126 e. The van der Waals surface area contributed by atoms with Crippen LogP contribution in [0.3, 0.4) is 0 Å². The Morgan fingerprint density at radius 3 is 3.10 bits per heavy atom. The zero-order valence-corrected chi connectivity index (χ0v) is 12.5. The van der Waals surface area contributed by atoms with E-state index in [-0.39, 0.29) is 0 Å². The first-order chi connectivity index (χ1) is 10.2. The van der Waals surface area contributed by atoms with E-state index < -0.39 is 6.10 Å². The standard InChI is InChI=1S/C17H18ClNO2/c18-15-8-13-5-7-21-17(13)14(9-15)10-16(20)4-3-12-2-1-6-19-11-12/h1-2,6,8-9,11,16,20H,3-5,7,10H2. The molecular formula is C17H18ClNO2. The lowest BCUT2D eigenvalue weighted by Crippen LogP contribution is -2.12. The van der Waals surface area contributed by atoms with Gasteiger partial charge < -0.3 is 9.84 Å². The molecule has 1 unspecified atom stereocenters. The first kappa shape index (κ1) is 14.4. The van der Waals surface area contributed by atoms with Crippen LogP contribution in [-0.4, -0.2) is 22.8 Å². The van der Waals surface area contributed by atoms with E-state index in [1.54, 1.807) is 6.20 Å². The van der Waals surface area contributed by atoms with Crippen molar-refractivity contribution in [2.75, 3.05) is 6.61 Å². The number of fused-ring (bicyclic) bond motifs is 1. The summed E-state index contributed by atoms with van der Waals surface area (Å²) in [6.07, 6.45) is 6.18. The highest BCUT2D eigenvalue weighted by molar-refractivity contribution is 6.30. The van der Waals surface area contributed by atoms with Crippen molar-refractivity contribution in [2.24, 2.45) is 0 Å². The minimum atomic E-state index is -0.406. The van der Waals surface area contributed by atoms with E-state index in [4.69, 9.17) is 16.3 Å². The summed E-state index contributed by atoms with van der Waals surface area (Å²) >= 11 is 6.14. The fourth-order valence-electron chi connectivity index (χ4n) is 2.73. The summed E-state index contributed by atoms with van der Waals surface area (Å²) < 4.78 is 5.67. The summed E-state index contributed by atoms with van der Waals surface area (Å²) in [4.78, 5) is 4.09. The molecule has 3 rings (SSSR count). The maximum absolute atomic E-state index is 10.3. The number of aliphatic hydroxyl groups excluding tert-OH is 1. The molecule has 1 aliphatic heterocycles. The molecule has 0 aliphatic carbocycles.